The number of hydrogen-bond donors (Lipinski definition) is 1. The van der Waals surface area contributed by atoms with Gasteiger partial charge in [-0.1, -0.05) is 35.9 Å². The topological polar surface area (TPSA) is 61.9 Å². The number of benzene rings is 2. The van der Waals surface area contributed by atoms with Crippen molar-refractivity contribution in [3.63, 3.8) is 0 Å². The minimum absolute atomic E-state index is 0.0151. The molecule has 0 saturated carbocycles. The summed E-state index contributed by atoms with van der Waals surface area (Å²) >= 11 is 11.8. The Morgan fingerprint density at radius 2 is 1.97 bits per heavy atom. The third-order valence-electron chi connectivity index (χ3n) is 4.83. The maximum atomic E-state index is 12.9. The van der Waals surface area contributed by atoms with Gasteiger partial charge in [-0.25, -0.2) is 0 Å². The molecule has 1 heterocycles. The standard InChI is InChI=1S/C22H24ClN3O3S/c1-3-25-21(28)19(26(22(25)30)14-15-8-5-6-11-18(15)23)13-20(27)24-16-9-7-10-17(12-16)29-4-2/h5-12,19H,3-4,13-14H2,1-2H3,(H,24,27)/t19-/m1/s1. The summed E-state index contributed by atoms with van der Waals surface area (Å²) in [7, 11) is 0. The summed E-state index contributed by atoms with van der Waals surface area (Å²) in [5, 5.41) is 3.86. The normalized spacial score (nSPS) is 16.2. The lowest BCUT2D eigenvalue weighted by Gasteiger charge is -2.24. The van der Waals surface area contributed by atoms with E-state index < -0.39 is 6.04 Å². The zero-order valence-corrected chi connectivity index (χ0v) is 18.5. The summed E-state index contributed by atoms with van der Waals surface area (Å²) in [6, 6.07) is 13.9. The molecule has 0 spiro atoms. The molecule has 0 unspecified atom stereocenters. The predicted molar refractivity (Wildman–Crippen MR) is 122 cm³/mol. The van der Waals surface area contributed by atoms with Gasteiger partial charge in [0.15, 0.2) is 5.11 Å². The minimum atomic E-state index is -0.677. The molecule has 1 saturated heterocycles. The molecule has 1 fully saturated rings. The van der Waals surface area contributed by atoms with E-state index >= 15 is 0 Å². The Hall–Kier alpha value is -2.64. The van der Waals surface area contributed by atoms with Crippen molar-refractivity contribution < 1.29 is 14.3 Å². The van der Waals surface area contributed by atoms with E-state index in [4.69, 9.17) is 28.6 Å². The van der Waals surface area contributed by atoms with Gasteiger partial charge in [-0.2, -0.15) is 0 Å². The van der Waals surface area contributed by atoms with Gasteiger partial charge in [0.1, 0.15) is 11.8 Å². The second-order valence-corrected chi connectivity index (χ2v) is 7.59. The van der Waals surface area contributed by atoms with Crippen molar-refractivity contribution in [2.24, 2.45) is 0 Å². The highest BCUT2D eigenvalue weighted by Gasteiger charge is 2.42. The molecule has 1 aliphatic heterocycles. The largest absolute Gasteiger partial charge is 0.494 e. The lowest BCUT2D eigenvalue weighted by molar-refractivity contribution is -0.130. The van der Waals surface area contributed by atoms with Crippen molar-refractivity contribution in [1.82, 2.24) is 9.80 Å². The van der Waals surface area contributed by atoms with Gasteiger partial charge < -0.3 is 15.0 Å². The number of rotatable bonds is 8. The minimum Gasteiger partial charge on any atom is -0.494 e. The second-order valence-electron chi connectivity index (χ2n) is 6.81. The molecule has 158 valence electrons. The number of anilines is 1. The van der Waals surface area contributed by atoms with Crippen molar-refractivity contribution >= 4 is 46.4 Å². The van der Waals surface area contributed by atoms with Crippen LogP contribution in [-0.4, -0.2) is 45.9 Å². The zero-order chi connectivity index (χ0) is 21.7. The first kappa shape index (κ1) is 22.1. The molecule has 1 aliphatic rings. The highest BCUT2D eigenvalue weighted by Crippen LogP contribution is 2.26. The molecule has 1 N–H and O–H groups in total. The van der Waals surface area contributed by atoms with Crippen LogP contribution in [0.25, 0.3) is 0 Å². The molecule has 3 rings (SSSR count). The second kappa shape index (κ2) is 9.91. The molecule has 0 bridgehead atoms. The van der Waals surface area contributed by atoms with Crippen molar-refractivity contribution in [3.05, 3.63) is 59.1 Å². The van der Waals surface area contributed by atoms with Gasteiger partial charge >= 0.3 is 0 Å². The molecular formula is C22H24ClN3O3S. The summed E-state index contributed by atoms with van der Waals surface area (Å²) in [5.41, 5.74) is 1.46. The number of likely N-dealkylation sites (N-methyl/N-ethyl adjacent to an activating group) is 1. The molecule has 0 aliphatic carbocycles. The van der Waals surface area contributed by atoms with Gasteiger partial charge in [0.2, 0.25) is 5.91 Å². The summed E-state index contributed by atoms with van der Waals surface area (Å²) in [6.45, 7) is 5.10. The van der Waals surface area contributed by atoms with Crippen LogP contribution in [-0.2, 0) is 16.1 Å². The zero-order valence-electron chi connectivity index (χ0n) is 16.9. The van der Waals surface area contributed by atoms with Crippen molar-refractivity contribution in [1.29, 1.82) is 0 Å². The highest BCUT2D eigenvalue weighted by molar-refractivity contribution is 7.80. The lowest BCUT2D eigenvalue weighted by Crippen LogP contribution is -2.37. The Labute approximate surface area is 186 Å². The molecule has 2 aromatic carbocycles. The van der Waals surface area contributed by atoms with E-state index in [9.17, 15) is 9.59 Å². The van der Waals surface area contributed by atoms with Crippen LogP contribution in [0, 0.1) is 0 Å². The number of thiocarbonyl (C=S) groups is 1. The van der Waals surface area contributed by atoms with E-state index in [1.54, 1.807) is 29.2 Å². The number of nitrogens with zero attached hydrogens (tertiary/aromatic N) is 2. The van der Waals surface area contributed by atoms with Crippen molar-refractivity contribution in [3.8, 4) is 5.75 Å². The predicted octanol–water partition coefficient (Wildman–Crippen LogP) is 4.09. The maximum absolute atomic E-state index is 12.9. The average molecular weight is 446 g/mol. The van der Waals surface area contributed by atoms with Gasteiger partial charge in [-0.3, -0.25) is 14.5 Å². The van der Waals surface area contributed by atoms with Crippen LogP contribution in [0.2, 0.25) is 5.02 Å². The fourth-order valence-corrected chi connectivity index (χ4v) is 4.00. The van der Waals surface area contributed by atoms with Crippen LogP contribution in [0.15, 0.2) is 48.5 Å². The van der Waals surface area contributed by atoms with Crippen LogP contribution in [0.4, 0.5) is 5.69 Å². The van der Waals surface area contributed by atoms with Gasteiger partial charge in [0.25, 0.3) is 5.91 Å². The van der Waals surface area contributed by atoms with E-state index in [0.717, 1.165) is 5.56 Å². The molecule has 0 radical (unpaired) electrons. The van der Waals surface area contributed by atoms with E-state index in [1.165, 1.54) is 4.90 Å². The Balaban J connectivity index is 1.76. The molecule has 30 heavy (non-hydrogen) atoms. The first-order valence-electron chi connectivity index (χ1n) is 9.82. The Morgan fingerprint density at radius 3 is 2.67 bits per heavy atom. The Kier molecular flexibility index (Phi) is 7.29. The van der Waals surface area contributed by atoms with Gasteiger partial charge in [-0.05, 0) is 49.8 Å². The SMILES string of the molecule is CCOc1cccc(NC(=O)C[C@@H]2C(=O)N(CC)C(=S)N2Cc2ccccc2Cl)c1. The number of halogens is 1. The molecule has 6 nitrogen and oxygen atoms in total. The number of carbonyl (C=O) groups is 2. The molecule has 1 atom stereocenters. The summed E-state index contributed by atoms with van der Waals surface area (Å²) in [6.07, 6.45) is -0.0151. The number of amides is 2. The highest BCUT2D eigenvalue weighted by atomic mass is 35.5. The van der Waals surface area contributed by atoms with E-state index in [1.807, 2.05) is 38.1 Å². The monoisotopic (exact) mass is 445 g/mol. The molecule has 8 heteroatoms. The van der Waals surface area contributed by atoms with Gasteiger partial charge in [-0.15, -0.1) is 0 Å². The van der Waals surface area contributed by atoms with Crippen LogP contribution < -0.4 is 10.1 Å². The van der Waals surface area contributed by atoms with Crippen LogP contribution >= 0.6 is 23.8 Å². The van der Waals surface area contributed by atoms with E-state index in [2.05, 4.69) is 5.32 Å². The smallest absolute Gasteiger partial charge is 0.252 e. The van der Waals surface area contributed by atoms with Crippen LogP contribution in [0.3, 0.4) is 0 Å². The van der Waals surface area contributed by atoms with Gasteiger partial charge in [0.05, 0.1) is 13.0 Å². The van der Waals surface area contributed by atoms with E-state index in [-0.39, 0.29) is 18.2 Å². The Bertz CT molecular complexity index is 953. The number of nitrogens with one attached hydrogen (secondary N) is 1. The van der Waals surface area contributed by atoms with Crippen LogP contribution in [0.1, 0.15) is 25.8 Å². The number of ether oxygens (including phenoxy) is 1. The number of hydrogen-bond acceptors (Lipinski definition) is 4. The molecule has 2 aromatic rings. The van der Waals surface area contributed by atoms with Crippen molar-refractivity contribution in [2.45, 2.75) is 32.9 Å². The maximum Gasteiger partial charge on any atom is 0.252 e. The van der Waals surface area contributed by atoms with Crippen LogP contribution in [0.5, 0.6) is 5.75 Å². The van der Waals surface area contributed by atoms with E-state index in [0.29, 0.717) is 41.3 Å². The third-order valence-corrected chi connectivity index (χ3v) is 5.65. The molecule has 0 aromatic heterocycles. The molecule has 2 amide bonds. The summed E-state index contributed by atoms with van der Waals surface area (Å²) in [5.74, 6) is 0.227. The summed E-state index contributed by atoms with van der Waals surface area (Å²) < 4.78 is 5.47. The first-order valence-corrected chi connectivity index (χ1v) is 10.6. The summed E-state index contributed by atoms with van der Waals surface area (Å²) in [4.78, 5) is 29.0. The average Bonchev–Trinajstić information content (AvgIpc) is 2.93. The fourth-order valence-electron chi connectivity index (χ4n) is 3.39. The quantitative estimate of drug-likeness (QED) is 0.620. The Morgan fingerprint density at radius 1 is 1.20 bits per heavy atom. The first-order chi connectivity index (χ1) is 14.4. The van der Waals surface area contributed by atoms with Gasteiger partial charge in [0, 0.05) is 29.9 Å². The molecular weight excluding hydrogens is 422 g/mol. The fraction of sp³-hybridized carbons (Fsp3) is 0.318. The van der Waals surface area contributed by atoms with Crippen molar-refractivity contribution in [2.75, 3.05) is 18.5 Å². The number of carbonyl (C=O) groups excluding carboxylic acids is 2. The third kappa shape index (κ3) is 4.91. The lowest BCUT2D eigenvalue weighted by atomic mass is 10.1.